The van der Waals surface area contributed by atoms with Gasteiger partial charge in [0.15, 0.2) is 0 Å². The van der Waals surface area contributed by atoms with Crippen molar-refractivity contribution in [3.8, 4) is 33.6 Å². The van der Waals surface area contributed by atoms with Crippen LogP contribution in [-0.2, 0) is 0 Å². The molecule has 0 spiro atoms. The molecular weight excluding hydrogens is 328 g/mol. The molecule has 0 aliphatic carbocycles. The molecule has 5 aromatic rings. The van der Waals surface area contributed by atoms with Gasteiger partial charge in [-0.15, -0.1) is 0 Å². The van der Waals surface area contributed by atoms with Gasteiger partial charge >= 0.3 is 0 Å². The number of pyridine rings is 1. The first kappa shape index (κ1) is 15.6. The predicted molar refractivity (Wildman–Crippen MR) is 112 cm³/mol. The van der Waals surface area contributed by atoms with Gasteiger partial charge in [0.25, 0.3) is 0 Å². The average Bonchev–Trinajstić information content (AvgIpc) is 3.14. The number of imidazole rings is 1. The van der Waals surface area contributed by atoms with E-state index in [1.807, 2.05) is 18.2 Å². The van der Waals surface area contributed by atoms with Crippen molar-refractivity contribution in [3.63, 3.8) is 0 Å². The lowest BCUT2D eigenvalue weighted by molar-refractivity contribution is 1.19. The highest BCUT2D eigenvalue weighted by molar-refractivity contribution is 5.83. The van der Waals surface area contributed by atoms with Crippen molar-refractivity contribution in [1.29, 1.82) is 0 Å². The summed E-state index contributed by atoms with van der Waals surface area (Å²) >= 11 is 0. The maximum atomic E-state index is 5.01. The molecule has 0 saturated heterocycles. The molecule has 27 heavy (non-hydrogen) atoms. The lowest BCUT2D eigenvalue weighted by Gasteiger charge is -2.07. The maximum Gasteiger partial charge on any atom is 0.138 e. The SMILES string of the molecule is c1ccc(-c2ccn3c(-c4ccccc4)c(-c4ccccc4)nc3c2)cc1. The molecule has 0 fully saturated rings. The second-order valence-corrected chi connectivity index (χ2v) is 6.55. The van der Waals surface area contributed by atoms with Crippen molar-refractivity contribution < 1.29 is 0 Å². The fourth-order valence-electron chi connectivity index (χ4n) is 3.52. The van der Waals surface area contributed by atoms with Gasteiger partial charge in [0.2, 0.25) is 0 Å². The van der Waals surface area contributed by atoms with Crippen LogP contribution >= 0.6 is 0 Å². The highest BCUT2D eigenvalue weighted by atomic mass is 15.0. The first-order valence-corrected chi connectivity index (χ1v) is 9.08. The molecule has 2 aromatic heterocycles. The van der Waals surface area contributed by atoms with Crippen LogP contribution in [0.2, 0.25) is 0 Å². The second-order valence-electron chi connectivity index (χ2n) is 6.55. The van der Waals surface area contributed by atoms with Gasteiger partial charge in [0, 0.05) is 17.3 Å². The fourth-order valence-corrected chi connectivity index (χ4v) is 3.52. The van der Waals surface area contributed by atoms with Crippen LogP contribution in [0, 0.1) is 0 Å². The molecular formula is C25H18N2. The van der Waals surface area contributed by atoms with Crippen molar-refractivity contribution in [2.75, 3.05) is 0 Å². The van der Waals surface area contributed by atoms with Crippen molar-refractivity contribution in [2.45, 2.75) is 0 Å². The van der Waals surface area contributed by atoms with E-state index in [0.717, 1.165) is 28.2 Å². The topological polar surface area (TPSA) is 17.3 Å². The monoisotopic (exact) mass is 346 g/mol. The summed E-state index contributed by atoms with van der Waals surface area (Å²) in [6, 6.07) is 35.6. The van der Waals surface area contributed by atoms with Crippen LogP contribution in [0.3, 0.4) is 0 Å². The minimum absolute atomic E-state index is 0.953. The van der Waals surface area contributed by atoms with Gasteiger partial charge < -0.3 is 0 Å². The van der Waals surface area contributed by atoms with Gasteiger partial charge in [0.05, 0.1) is 11.4 Å². The first-order chi connectivity index (χ1) is 13.4. The lowest BCUT2D eigenvalue weighted by atomic mass is 10.0. The van der Waals surface area contributed by atoms with E-state index in [0.29, 0.717) is 0 Å². The zero-order valence-corrected chi connectivity index (χ0v) is 14.8. The van der Waals surface area contributed by atoms with Crippen molar-refractivity contribution in [1.82, 2.24) is 9.38 Å². The van der Waals surface area contributed by atoms with Crippen LogP contribution in [0.15, 0.2) is 109 Å². The Labute approximate surface area is 158 Å². The average molecular weight is 346 g/mol. The van der Waals surface area contributed by atoms with Gasteiger partial charge in [-0.1, -0.05) is 91.0 Å². The molecule has 0 N–H and O–H groups in total. The number of fused-ring (bicyclic) bond motifs is 1. The Bertz CT molecular complexity index is 1190. The van der Waals surface area contributed by atoms with Gasteiger partial charge in [0.1, 0.15) is 5.65 Å². The summed E-state index contributed by atoms with van der Waals surface area (Å²) in [6.07, 6.45) is 2.12. The highest BCUT2D eigenvalue weighted by Gasteiger charge is 2.16. The van der Waals surface area contributed by atoms with Gasteiger partial charge in [-0.2, -0.15) is 0 Å². The van der Waals surface area contributed by atoms with E-state index in [4.69, 9.17) is 4.98 Å². The van der Waals surface area contributed by atoms with Gasteiger partial charge in [-0.3, -0.25) is 4.40 Å². The quantitative estimate of drug-likeness (QED) is 0.373. The van der Waals surface area contributed by atoms with E-state index < -0.39 is 0 Å². The molecule has 2 heteroatoms. The Morgan fingerprint density at radius 1 is 0.519 bits per heavy atom. The minimum Gasteiger partial charge on any atom is -0.299 e. The number of nitrogens with zero attached hydrogens (tertiary/aromatic N) is 2. The fraction of sp³-hybridized carbons (Fsp3) is 0. The van der Waals surface area contributed by atoms with E-state index in [2.05, 4.69) is 95.5 Å². The van der Waals surface area contributed by atoms with E-state index in [1.165, 1.54) is 11.1 Å². The van der Waals surface area contributed by atoms with E-state index in [-0.39, 0.29) is 0 Å². The van der Waals surface area contributed by atoms with Crippen LogP contribution in [0.4, 0.5) is 0 Å². The largest absolute Gasteiger partial charge is 0.299 e. The summed E-state index contributed by atoms with van der Waals surface area (Å²) in [7, 11) is 0. The Hall–Kier alpha value is -3.65. The third-order valence-corrected chi connectivity index (χ3v) is 4.83. The molecule has 3 aromatic carbocycles. The molecule has 0 bridgehead atoms. The van der Waals surface area contributed by atoms with E-state index >= 15 is 0 Å². The van der Waals surface area contributed by atoms with Gasteiger partial charge in [-0.05, 0) is 23.3 Å². The zero-order chi connectivity index (χ0) is 18.1. The molecule has 2 nitrogen and oxygen atoms in total. The third-order valence-electron chi connectivity index (χ3n) is 4.83. The second kappa shape index (κ2) is 6.58. The molecule has 2 heterocycles. The van der Waals surface area contributed by atoms with Crippen LogP contribution in [0.1, 0.15) is 0 Å². The molecule has 0 radical (unpaired) electrons. The summed E-state index contributed by atoms with van der Waals surface area (Å²) in [4.78, 5) is 5.01. The first-order valence-electron chi connectivity index (χ1n) is 9.08. The Kier molecular flexibility index (Phi) is 3.80. The molecule has 0 aliphatic rings. The zero-order valence-electron chi connectivity index (χ0n) is 14.8. The van der Waals surface area contributed by atoms with Crippen LogP contribution in [0.25, 0.3) is 39.3 Å². The molecule has 0 atom stereocenters. The number of hydrogen-bond acceptors (Lipinski definition) is 1. The van der Waals surface area contributed by atoms with Crippen LogP contribution in [-0.4, -0.2) is 9.38 Å². The summed E-state index contributed by atoms with van der Waals surface area (Å²) in [5.74, 6) is 0. The Morgan fingerprint density at radius 3 is 1.70 bits per heavy atom. The number of aromatic nitrogens is 2. The minimum atomic E-state index is 0.953. The predicted octanol–water partition coefficient (Wildman–Crippen LogP) is 6.34. The third kappa shape index (κ3) is 2.81. The molecule has 0 aliphatic heterocycles. The Morgan fingerprint density at radius 2 is 1.07 bits per heavy atom. The molecule has 0 unspecified atom stereocenters. The summed E-state index contributed by atoms with van der Waals surface area (Å²) in [6.45, 7) is 0. The normalized spacial score (nSPS) is 11.0. The maximum absolute atomic E-state index is 5.01. The number of hydrogen-bond donors (Lipinski definition) is 0. The van der Waals surface area contributed by atoms with E-state index in [1.54, 1.807) is 0 Å². The van der Waals surface area contributed by atoms with Crippen LogP contribution < -0.4 is 0 Å². The smallest absolute Gasteiger partial charge is 0.138 e. The summed E-state index contributed by atoms with van der Waals surface area (Å²) < 4.78 is 2.18. The van der Waals surface area contributed by atoms with E-state index in [9.17, 15) is 0 Å². The standard InChI is InChI=1S/C25H18N2/c1-4-10-19(11-5-1)22-16-17-27-23(18-22)26-24(20-12-6-2-7-13-20)25(27)21-14-8-3-9-15-21/h1-18H. The van der Waals surface area contributed by atoms with Crippen molar-refractivity contribution in [3.05, 3.63) is 109 Å². The molecule has 5 rings (SSSR count). The molecule has 0 saturated carbocycles. The van der Waals surface area contributed by atoms with Crippen LogP contribution in [0.5, 0.6) is 0 Å². The van der Waals surface area contributed by atoms with Crippen molar-refractivity contribution in [2.24, 2.45) is 0 Å². The van der Waals surface area contributed by atoms with Gasteiger partial charge in [-0.25, -0.2) is 4.98 Å². The Balaban J connectivity index is 1.77. The molecule has 128 valence electrons. The summed E-state index contributed by atoms with van der Waals surface area (Å²) in [5, 5.41) is 0. The highest BCUT2D eigenvalue weighted by Crippen LogP contribution is 2.33. The number of rotatable bonds is 3. The summed E-state index contributed by atoms with van der Waals surface area (Å²) in [5.41, 5.74) is 7.74. The molecule has 0 amide bonds. The number of benzene rings is 3. The lowest BCUT2D eigenvalue weighted by Crippen LogP contribution is -1.90. The van der Waals surface area contributed by atoms with Crippen molar-refractivity contribution >= 4 is 5.65 Å².